The van der Waals surface area contributed by atoms with Gasteiger partial charge in [0.2, 0.25) is 5.95 Å². The molecule has 1 aromatic heterocycles. The molecule has 2 heterocycles. The summed E-state index contributed by atoms with van der Waals surface area (Å²) in [5, 5.41) is 12.6. The van der Waals surface area contributed by atoms with Crippen LogP contribution in [0.25, 0.3) is 0 Å². The fourth-order valence-electron chi connectivity index (χ4n) is 2.37. The Kier molecular flexibility index (Phi) is 4.39. The minimum absolute atomic E-state index is 0.340. The molecule has 0 unspecified atom stereocenters. The largest absolute Gasteiger partial charge is 0.389 e. The molecule has 0 radical (unpaired) electrons. The number of anilines is 2. The first-order valence-electron chi connectivity index (χ1n) is 6.79. The Morgan fingerprint density at radius 3 is 2.55 bits per heavy atom. The number of halogens is 1. The number of piperazine rings is 1. The molecular formula is C13H22FN5O. The Morgan fingerprint density at radius 1 is 1.35 bits per heavy atom. The molecule has 6 nitrogen and oxygen atoms in total. The second kappa shape index (κ2) is 5.88. The number of hydrogen-bond donors (Lipinski definition) is 2. The minimum Gasteiger partial charge on any atom is -0.389 e. The highest BCUT2D eigenvalue weighted by atomic mass is 19.1. The Labute approximate surface area is 118 Å². The lowest BCUT2D eigenvalue weighted by atomic mass is 10.1. The summed E-state index contributed by atoms with van der Waals surface area (Å²) in [6.45, 7) is 7.14. The third kappa shape index (κ3) is 3.77. The summed E-state index contributed by atoms with van der Waals surface area (Å²) in [5.41, 5.74) is -0.707. The smallest absolute Gasteiger partial charge is 0.224 e. The number of nitrogens with one attached hydrogen (secondary N) is 1. The van der Waals surface area contributed by atoms with Crippen LogP contribution >= 0.6 is 0 Å². The molecule has 1 fully saturated rings. The molecule has 2 N–H and O–H groups in total. The van der Waals surface area contributed by atoms with E-state index in [1.165, 1.54) is 6.20 Å². The molecule has 7 heteroatoms. The van der Waals surface area contributed by atoms with Gasteiger partial charge in [-0.1, -0.05) is 0 Å². The maximum Gasteiger partial charge on any atom is 0.224 e. The van der Waals surface area contributed by atoms with E-state index in [-0.39, 0.29) is 0 Å². The Hall–Kier alpha value is -1.47. The van der Waals surface area contributed by atoms with Crippen LogP contribution < -0.4 is 10.2 Å². The van der Waals surface area contributed by atoms with E-state index >= 15 is 0 Å². The topological polar surface area (TPSA) is 64.5 Å². The van der Waals surface area contributed by atoms with Gasteiger partial charge in [0.25, 0.3) is 0 Å². The van der Waals surface area contributed by atoms with Crippen molar-refractivity contribution < 1.29 is 9.50 Å². The number of hydrogen-bond acceptors (Lipinski definition) is 6. The third-order valence-electron chi connectivity index (χ3n) is 3.23. The van der Waals surface area contributed by atoms with Crippen LogP contribution in [0, 0.1) is 5.82 Å². The van der Waals surface area contributed by atoms with Crippen molar-refractivity contribution in [3.05, 3.63) is 12.0 Å². The molecule has 1 saturated heterocycles. The normalized spacial score (nSPS) is 17.4. The van der Waals surface area contributed by atoms with Crippen LogP contribution in [0.2, 0.25) is 0 Å². The molecule has 0 bridgehead atoms. The first-order valence-corrected chi connectivity index (χ1v) is 6.79. The van der Waals surface area contributed by atoms with Crippen molar-refractivity contribution in [2.45, 2.75) is 19.4 Å². The van der Waals surface area contributed by atoms with Gasteiger partial charge in [-0.15, -0.1) is 0 Å². The molecule has 20 heavy (non-hydrogen) atoms. The summed E-state index contributed by atoms with van der Waals surface area (Å²) in [7, 11) is 1.71. The van der Waals surface area contributed by atoms with Gasteiger partial charge in [-0.2, -0.15) is 4.98 Å². The summed E-state index contributed by atoms with van der Waals surface area (Å²) in [5.74, 6) is 0.354. The highest BCUT2D eigenvalue weighted by Gasteiger charge is 2.24. The summed E-state index contributed by atoms with van der Waals surface area (Å²) >= 11 is 0. The van der Waals surface area contributed by atoms with E-state index in [4.69, 9.17) is 0 Å². The van der Waals surface area contributed by atoms with Crippen LogP contribution in [0.15, 0.2) is 6.20 Å². The molecule has 0 aliphatic carbocycles. The molecular weight excluding hydrogens is 261 g/mol. The van der Waals surface area contributed by atoms with Crippen molar-refractivity contribution in [1.29, 1.82) is 0 Å². The molecule has 1 aliphatic heterocycles. The zero-order valence-electron chi connectivity index (χ0n) is 12.2. The van der Waals surface area contributed by atoms with Crippen LogP contribution in [-0.2, 0) is 0 Å². The van der Waals surface area contributed by atoms with Crippen molar-refractivity contribution in [2.75, 3.05) is 50.0 Å². The van der Waals surface area contributed by atoms with Crippen molar-refractivity contribution in [3.8, 4) is 0 Å². The molecule has 0 aromatic carbocycles. The Morgan fingerprint density at radius 2 is 2.00 bits per heavy atom. The molecule has 0 atom stereocenters. The van der Waals surface area contributed by atoms with Gasteiger partial charge in [0.05, 0.1) is 11.8 Å². The highest BCUT2D eigenvalue weighted by molar-refractivity contribution is 5.44. The zero-order valence-corrected chi connectivity index (χ0v) is 12.2. The SMILES string of the molecule is CNc1ncc(F)c(N2CCN(CC(C)(C)O)CC2)n1. The lowest BCUT2D eigenvalue weighted by Gasteiger charge is -2.37. The molecule has 0 spiro atoms. The second-order valence-electron chi connectivity index (χ2n) is 5.69. The van der Waals surface area contributed by atoms with Gasteiger partial charge in [-0.05, 0) is 13.8 Å². The third-order valence-corrected chi connectivity index (χ3v) is 3.23. The van der Waals surface area contributed by atoms with Crippen LogP contribution in [0.5, 0.6) is 0 Å². The van der Waals surface area contributed by atoms with Crippen LogP contribution in [0.4, 0.5) is 16.2 Å². The molecule has 2 rings (SSSR count). The maximum atomic E-state index is 13.8. The number of nitrogens with zero attached hydrogens (tertiary/aromatic N) is 4. The van der Waals surface area contributed by atoms with Gasteiger partial charge in [0, 0.05) is 39.8 Å². The van der Waals surface area contributed by atoms with Gasteiger partial charge < -0.3 is 15.3 Å². The fraction of sp³-hybridized carbons (Fsp3) is 0.692. The van der Waals surface area contributed by atoms with E-state index in [1.807, 2.05) is 4.90 Å². The van der Waals surface area contributed by atoms with Crippen molar-refractivity contribution >= 4 is 11.8 Å². The fourth-order valence-corrected chi connectivity index (χ4v) is 2.37. The molecule has 112 valence electrons. The van der Waals surface area contributed by atoms with Gasteiger partial charge in [-0.3, -0.25) is 4.90 Å². The van der Waals surface area contributed by atoms with Crippen LogP contribution in [0.3, 0.4) is 0 Å². The van der Waals surface area contributed by atoms with Crippen molar-refractivity contribution in [3.63, 3.8) is 0 Å². The number of aliphatic hydroxyl groups is 1. The van der Waals surface area contributed by atoms with E-state index in [9.17, 15) is 9.50 Å². The predicted molar refractivity (Wildman–Crippen MR) is 76.5 cm³/mol. The molecule has 1 aromatic rings. The summed E-state index contributed by atoms with van der Waals surface area (Å²) in [4.78, 5) is 12.1. The number of β-amino-alcohol motifs (C(OH)–C–C–N with tert-alkyl or cyclic N) is 1. The van der Waals surface area contributed by atoms with E-state index in [0.717, 1.165) is 13.1 Å². The molecule has 0 amide bonds. The second-order valence-corrected chi connectivity index (χ2v) is 5.69. The van der Waals surface area contributed by atoms with Gasteiger partial charge in [0.1, 0.15) is 0 Å². The minimum atomic E-state index is -0.707. The van der Waals surface area contributed by atoms with Gasteiger partial charge in [-0.25, -0.2) is 9.37 Å². The summed E-state index contributed by atoms with van der Waals surface area (Å²) in [6, 6.07) is 0. The number of rotatable bonds is 4. The lowest BCUT2D eigenvalue weighted by molar-refractivity contribution is 0.0344. The Balaban J connectivity index is 2.00. The molecule has 1 aliphatic rings. The summed E-state index contributed by atoms with van der Waals surface area (Å²) in [6.07, 6.45) is 1.19. The van der Waals surface area contributed by atoms with Gasteiger partial charge >= 0.3 is 0 Å². The lowest BCUT2D eigenvalue weighted by Crippen LogP contribution is -2.50. The average molecular weight is 283 g/mol. The van der Waals surface area contributed by atoms with E-state index in [0.29, 0.717) is 31.4 Å². The van der Waals surface area contributed by atoms with Crippen LogP contribution in [0.1, 0.15) is 13.8 Å². The van der Waals surface area contributed by atoms with E-state index in [2.05, 4.69) is 20.2 Å². The first-order chi connectivity index (χ1) is 9.39. The van der Waals surface area contributed by atoms with E-state index < -0.39 is 11.4 Å². The van der Waals surface area contributed by atoms with Crippen molar-refractivity contribution in [1.82, 2.24) is 14.9 Å². The van der Waals surface area contributed by atoms with Gasteiger partial charge in [0.15, 0.2) is 11.6 Å². The van der Waals surface area contributed by atoms with Crippen LogP contribution in [-0.4, -0.2) is 65.3 Å². The zero-order chi connectivity index (χ0) is 14.8. The standard InChI is InChI=1S/C13H22FN5O/c1-13(2,20)9-18-4-6-19(7-5-18)11-10(14)8-16-12(15-3)17-11/h8,20H,4-7,9H2,1-3H3,(H,15,16,17). The highest BCUT2D eigenvalue weighted by Crippen LogP contribution is 2.19. The average Bonchev–Trinajstić information content (AvgIpc) is 2.39. The quantitative estimate of drug-likeness (QED) is 0.841. The number of aromatic nitrogens is 2. The van der Waals surface area contributed by atoms with E-state index in [1.54, 1.807) is 20.9 Å². The predicted octanol–water partition coefficient (Wildman–Crippen LogP) is 0.550. The molecule has 0 saturated carbocycles. The maximum absolute atomic E-state index is 13.8. The first kappa shape index (κ1) is 14.9. The van der Waals surface area contributed by atoms with Crippen molar-refractivity contribution in [2.24, 2.45) is 0 Å². The monoisotopic (exact) mass is 283 g/mol. The summed E-state index contributed by atoms with van der Waals surface area (Å²) < 4.78 is 13.8. The Bertz CT molecular complexity index is 455.